The summed E-state index contributed by atoms with van der Waals surface area (Å²) in [7, 11) is 0. The van der Waals surface area contributed by atoms with Gasteiger partial charge in [-0.15, -0.1) is 23.5 Å². The SMILES string of the molecule is CC(C)(C)C(=O)N1CCC(C(=O)Nc2cccc(C3SCCS3)c2)CC1. The minimum absolute atomic E-state index is 0.0158. The number of anilines is 1. The van der Waals surface area contributed by atoms with Crippen molar-refractivity contribution in [1.82, 2.24) is 4.90 Å². The van der Waals surface area contributed by atoms with Gasteiger partial charge in [0, 0.05) is 41.6 Å². The second kappa shape index (κ2) is 8.26. The fourth-order valence-electron chi connectivity index (χ4n) is 3.38. The van der Waals surface area contributed by atoms with Gasteiger partial charge in [-0.1, -0.05) is 32.9 Å². The average molecular weight is 393 g/mol. The third-order valence-electron chi connectivity index (χ3n) is 4.84. The minimum Gasteiger partial charge on any atom is -0.342 e. The Morgan fingerprint density at radius 2 is 1.77 bits per heavy atom. The summed E-state index contributed by atoms with van der Waals surface area (Å²) in [5.41, 5.74) is 1.81. The summed E-state index contributed by atoms with van der Waals surface area (Å²) in [5, 5.41) is 3.09. The van der Waals surface area contributed by atoms with Crippen LogP contribution in [0.25, 0.3) is 0 Å². The molecule has 0 aliphatic carbocycles. The van der Waals surface area contributed by atoms with Crippen molar-refractivity contribution in [3.63, 3.8) is 0 Å². The Bertz CT molecular complexity index is 658. The third-order valence-corrected chi connectivity index (χ3v) is 7.95. The number of nitrogens with zero attached hydrogens (tertiary/aromatic N) is 1. The molecule has 26 heavy (non-hydrogen) atoms. The van der Waals surface area contributed by atoms with E-state index in [1.165, 1.54) is 17.1 Å². The predicted molar refractivity (Wildman–Crippen MR) is 111 cm³/mol. The molecule has 2 saturated heterocycles. The standard InChI is InChI=1S/C20H28N2O2S2/c1-20(2,3)19(24)22-9-7-14(8-10-22)17(23)21-16-6-4-5-15(13-16)18-25-11-12-26-18/h4-6,13-14,18H,7-12H2,1-3H3,(H,21,23). The fraction of sp³-hybridized carbons (Fsp3) is 0.600. The van der Waals surface area contributed by atoms with Gasteiger partial charge in [-0.05, 0) is 30.5 Å². The quantitative estimate of drug-likeness (QED) is 0.829. The average Bonchev–Trinajstić information content (AvgIpc) is 3.15. The number of nitrogens with one attached hydrogen (secondary N) is 1. The smallest absolute Gasteiger partial charge is 0.227 e. The molecular formula is C20H28N2O2S2. The minimum atomic E-state index is -0.355. The molecule has 2 heterocycles. The molecule has 3 rings (SSSR count). The number of hydrogen-bond acceptors (Lipinski definition) is 4. The van der Waals surface area contributed by atoms with Gasteiger partial charge < -0.3 is 10.2 Å². The third kappa shape index (κ3) is 4.77. The molecule has 2 aliphatic rings. The van der Waals surface area contributed by atoms with Crippen LogP contribution in [0.4, 0.5) is 5.69 Å². The fourth-order valence-corrected chi connectivity index (χ4v) is 6.22. The van der Waals surface area contributed by atoms with Crippen LogP contribution in [0, 0.1) is 11.3 Å². The van der Waals surface area contributed by atoms with Crippen LogP contribution >= 0.6 is 23.5 Å². The number of rotatable bonds is 3. The van der Waals surface area contributed by atoms with Gasteiger partial charge in [0.25, 0.3) is 0 Å². The summed E-state index contributed by atoms with van der Waals surface area (Å²) in [6.07, 6.45) is 1.48. The molecule has 0 saturated carbocycles. The molecule has 0 atom stereocenters. The van der Waals surface area contributed by atoms with E-state index in [0.29, 0.717) is 17.7 Å². The Kier molecular flexibility index (Phi) is 6.23. The van der Waals surface area contributed by atoms with E-state index in [2.05, 4.69) is 17.4 Å². The van der Waals surface area contributed by atoms with Crippen LogP contribution < -0.4 is 5.32 Å². The Hall–Kier alpha value is -1.14. The van der Waals surface area contributed by atoms with Gasteiger partial charge in [0.2, 0.25) is 11.8 Å². The number of carbonyl (C=O) groups excluding carboxylic acids is 2. The monoisotopic (exact) mass is 392 g/mol. The summed E-state index contributed by atoms with van der Waals surface area (Å²) >= 11 is 3.94. The van der Waals surface area contributed by atoms with E-state index in [0.717, 1.165) is 18.5 Å². The molecule has 0 unspecified atom stereocenters. The molecule has 0 aromatic heterocycles. The second-order valence-corrected chi connectivity index (χ2v) is 10.7. The van der Waals surface area contributed by atoms with Crippen molar-refractivity contribution in [2.24, 2.45) is 11.3 Å². The highest BCUT2D eigenvalue weighted by Gasteiger charge is 2.32. The van der Waals surface area contributed by atoms with E-state index in [-0.39, 0.29) is 23.1 Å². The van der Waals surface area contributed by atoms with Crippen molar-refractivity contribution in [2.75, 3.05) is 29.9 Å². The number of likely N-dealkylation sites (tertiary alicyclic amines) is 1. The zero-order valence-corrected chi connectivity index (χ0v) is 17.4. The van der Waals surface area contributed by atoms with Crippen molar-refractivity contribution in [3.8, 4) is 0 Å². The van der Waals surface area contributed by atoms with E-state index < -0.39 is 0 Å². The topological polar surface area (TPSA) is 49.4 Å². The second-order valence-electron chi connectivity index (χ2n) is 8.00. The van der Waals surface area contributed by atoms with Crippen LogP contribution in [0.5, 0.6) is 0 Å². The lowest BCUT2D eigenvalue weighted by molar-refractivity contribution is -0.142. The van der Waals surface area contributed by atoms with Crippen molar-refractivity contribution < 1.29 is 9.59 Å². The summed E-state index contributed by atoms with van der Waals surface area (Å²) in [6.45, 7) is 7.18. The predicted octanol–water partition coefficient (Wildman–Crippen LogP) is 4.39. The summed E-state index contributed by atoms with van der Waals surface area (Å²) < 4.78 is 0.485. The first-order valence-corrected chi connectivity index (χ1v) is 11.4. The first-order chi connectivity index (χ1) is 12.3. The molecular weight excluding hydrogens is 364 g/mol. The van der Waals surface area contributed by atoms with Gasteiger partial charge in [-0.25, -0.2) is 0 Å². The first-order valence-electron chi connectivity index (χ1n) is 9.28. The van der Waals surface area contributed by atoms with E-state index in [1.54, 1.807) is 0 Å². The number of hydrogen-bond donors (Lipinski definition) is 1. The Morgan fingerprint density at radius 1 is 1.12 bits per heavy atom. The van der Waals surface area contributed by atoms with E-state index in [4.69, 9.17) is 0 Å². The van der Waals surface area contributed by atoms with Crippen LogP contribution in [-0.4, -0.2) is 41.3 Å². The highest BCUT2D eigenvalue weighted by Crippen LogP contribution is 2.45. The Balaban J connectivity index is 1.55. The lowest BCUT2D eigenvalue weighted by Gasteiger charge is -2.35. The molecule has 1 aromatic carbocycles. The van der Waals surface area contributed by atoms with Crippen LogP contribution in [0.2, 0.25) is 0 Å². The zero-order chi connectivity index (χ0) is 18.7. The summed E-state index contributed by atoms with van der Waals surface area (Å²) in [6, 6.07) is 8.23. The van der Waals surface area contributed by atoms with Gasteiger partial charge >= 0.3 is 0 Å². The molecule has 1 aromatic rings. The molecule has 0 radical (unpaired) electrons. The first kappa shape index (κ1) is 19.6. The van der Waals surface area contributed by atoms with Gasteiger partial charge in [-0.3, -0.25) is 9.59 Å². The molecule has 4 nitrogen and oxygen atoms in total. The van der Waals surface area contributed by atoms with Gasteiger partial charge in [0.05, 0.1) is 4.58 Å². The molecule has 1 N–H and O–H groups in total. The van der Waals surface area contributed by atoms with Crippen LogP contribution in [0.3, 0.4) is 0 Å². The Morgan fingerprint density at radius 3 is 2.38 bits per heavy atom. The molecule has 142 valence electrons. The molecule has 2 amide bonds. The lowest BCUT2D eigenvalue weighted by Crippen LogP contribution is -2.45. The van der Waals surface area contributed by atoms with Crippen LogP contribution in [0.1, 0.15) is 43.8 Å². The van der Waals surface area contributed by atoms with Gasteiger partial charge in [-0.2, -0.15) is 0 Å². The van der Waals surface area contributed by atoms with E-state index in [1.807, 2.05) is 61.3 Å². The van der Waals surface area contributed by atoms with Crippen LogP contribution in [0.15, 0.2) is 24.3 Å². The summed E-state index contributed by atoms with van der Waals surface area (Å²) in [4.78, 5) is 26.9. The maximum Gasteiger partial charge on any atom is 0.227 e. The van der Waals surface area contributed by atoms with Crippen LogP contribution in [-0.2, 0) is 9.59 Å². The molecule has 2 aliphatic heterocycles. The van der Waals surface area contributed by atoms with Crippen molar-refractivity contribution in [1.29, 1.82) is 0 Å². The van der Waals surface area contributed by atoms with E-state index >= 15 is 0 Å². The zero-order valence-electron chi connectivity index (χ0n) is 15.8. The number of benzene rings is 1. The van der Waals surface area contributed by atoms with Gasteiger partial charge in [0.1, 0.15) is 0 Å². The van der Waals surface area contributed by atoms with Crippen molar-refractivity contribution in [3.05, 3.63) is 29.8 Å². The summed E-state index contributed by atoms with van der Waals surface area (Å²) in [5.74, 6) is 2.63. The molecule has 0 spiro atoms. The molecule has 0 bridgehead atoms. The highest BCUT2D eigenvalue weighted by molar-refractivity contribution is 8.19. The largest absolute Gasteiger partial charge is 0.342 e. The van der Waals surface area contributed by atoms with Crippen molar-refractivity contribution >= 4 is 41.0 Å². The molecule has 2 fully saturated rings. The maximum absolute atomic E-state index is 12.6. The normalized spacial score (nSPS) is 19.6. The molecule has 6 heteroatoms. The van der Waals surface area contributed by atoms with E-state index in [9.17, 15) is 9.59 Å². The Labute approximate surface area is 164 Å². The van der Waals surface area contributed by atoms with Gasteiger partial charge in [0.15, 0.2) is 0 Å². The maximum atomic E-state index is 12.6. The van der Waals surface area contributed by atoms with Crippen molar-refractivity contribution in [2.45, 2.75) is 38.2 Å². The number of piperidine rings is 1. The number of amides is 2. The number of thioether (sulfide) groups is 2. The lowest BCUT2D eigenvalue weighted by atomic mass is 9.90. The number of carbonyl (C=O) groups is 2. The highest BCUT2D eigenvalue weighted by atomic mass is 32.2.